The number of nitrogens with zero attached hydrogens (tertiary/aromatic N) is 2. The van der Waals surface area contributed by atoms with Gasteiger partial charge in [-0.15, -0.1) is 0 Å². The highest BCUT2D eigenvalue weighted by Gasteiger charge is 2.09. The normalized spacial score (nSPS) is 11.0. The van der Waals surface area contributed by atoms with Gasteiger partial charge in [0, 0.05) is 17.8 Å². The second kappa shape index (κ2) is 6.66. The lowest BCUT2D eigenvalue weighted by molar-refractivity contribution is 0.572. The molecule has 3 nitrogen and oxygen atoms in total. The van der Waals surface area contributed by atoms with Crippen LogP contribution < -0.4 is 5.32 Å². The number of aryl methyl sites for hydroxylation is 2. The highest BCUT2D eigenvalue weighted by Crippen LogP contribution is 2.15. The van der Waals surface area contributed by atoms with Crippen LogP contribution in [0.4, 0.5) is 4.39 Å². The highest BCUT2D eigenvalue weighted by molar-refractivity contribution is 5.26. The smallest absolute Gasteiger partial charge is 0.128 e. The Morgan fingerprint density at radius 1 is 1.20 bits per heavy atom. The molecule has 4 heteroatoms. The number of halogens is 1. The van der Waals surface area contributed by atoms with Crippen molar-refractivity contribution in [1.29, 1.82) is 0 Å². The molecule has 0 spiro atoms. The maximum Gasteiger partial charge on any atom is 0.128 e. The zero-order valence-electron chi connectivity index (χ0n) is 12.4. The maximum absolute atomic E-state index is 14.0. The molecule has 0 unspecified atom stereocenters. The van der Waals surface area contributed by atoms with Crippen LogP contribution in [0.1, 0.15) is 36.4 Å². The number of rotatable bonds is 6. The summed E-state index contributed by atoms with van der Waals surface area (Å²) in [6, 6.07) is 7.38. The van der Waals surface area contributed by atoms with E-state index in [1.165, 1.54) is 6.07 Å². The van der Waals surface area contributed by atoms with Gasteiger partial charge in [-0.25, -0.2) is 4.39 Å². The molecule has 0 aliphatic heterocycles. The van der Waals surface area contributed by atoms with Crippen molar-refractivity contribution >= 4 is 0 Å². The molecule has 2 rings (SSSR count). The van der Waals surface area contributed by atoms with E-state index in [4.69, 9.17) is 0 Å². The van der Waals surface area contributed by atoms with Crippen LogP contribution in [-0.4, -0.2) is 16.8 Å². The molecule has 0 saturated carbocycles. The van der Waals surface area contributed by atoms with Gasteiger partial charge in [-0.05, 0) is 43.7 Å². The zero-order valence-corrected chi connectivity index (χ0v) is 12.4. The molecule has 0 aliphatic carbocycles. The monoisotopic (exact) mass is 275 g/mol. The van der Waals surface area contributed by atoms with Crippen LogP contribution in [0.5, 0.6) is 0 Å². The summed E-state index contributed by atoms with van der Waals surface area (Å²) in [4.78, 5) is 0. The lowest BCUT2D eigenvalue weighted by atomic mass is 10.1. The van der Waals surface area contributed by atoms with Gasteiger partial charge >= 0.3 is 0 Å². The van der Waals surface area contributed by atoms with Crippen LogP contribution in [-0.2, 0) is 25.9 Å². The van der Waals surface area contributed by atoms with Gasteiger partial charge in [0.25, 0.3) is 0 Å². The Morgan fingerprint density at radius 2 is 2.00 bits per heavy atom. The minimum Gasteiger partial charge on any atom is -0.316 e. The number of nitrogens with one attached hydrogen (secondary N) is 1. The van der Waals surface area contributed by atoms with Crippen molar-refractivity contribution in [2.24, 2.45) is 0 Å². The van der Waals surface area contributed by atoms with Gasteiger partial charge in [0.2, 0.25) is 0 Å². The van der Waals surface area contributed by atoms with Crippen LogP contribution in [0.15, 0.2) is 24.3 Å². The molecule has 0 bridgehead atoms. The number of aromatic nitrogens is 2. The fourth-order valence-corrected chi connectivity index (χ4v) is 2.33. The minimum absolute atomic E-state index is 0.166. The molecule has 0 amide bonds. The second-order valence-electron chi connectivity index (χ2n) is 4.95. The minimum atomic E-state index is -0.166. The van der Waals surface area contributed by atoms with Crippen molar-refractivity contribution in [1.82, 2.24) is 15.1 Å². The fraction of sp³-hybridized carbons (Fsp3) is 0.438. The molecule has 1 aromatic carbocycles. The Balaban J connectivity index is 2.28. The molecule has 0 saturated heterocycles. The first kappa shape index (κ1) is 14.7. The van der Waals surface area contributed by atoms with E-state index in [0.29, 0.717) is 12.1 Å². The molecular weight excluding hydrogens is 253 g/mol. The Morgan fingerprint density at radius 3 is 2.65 bits per heavy atom. The van der Waals surface area contributed by atoms with Gasteiger partial charge in [-0.2, -0.15) is 5.10 Å². The number of benzene rings is 1. The first-order chi connectivity index (χ1) is 9.67. The quantitative estimate of drug-likeness (QED) is 0.878. The Labute approximate surface area is 119 Å². The molecule has 0 radical (unpaired) electrons. The molecule has 20 heavy (non-hydrogen) atoms. The van der Waals surface area contributed by atoms with E-state index in [0.717, 1.165) is 36.3 Å². The van der Waals surface area contributed by atoms with E-state index in [9.17, 15) is 4.39 Å². The van der Waals surface area contributed by atoms with Gasteiger partial charge in [0.15, 0.2) is 0 Å². The highest BCUT2D eigenvalue weighted by atomic mass is 19.1. The third-order valence-corrected chi connectivity index (χ3v) is 3.45. The summed E-state index contributed by atoms with van der Waals surface area (Å²) >= 11 is 0. The molecule has 1 N–H and O–H groups in total. The molecule has 0 fully saturated rings. The number of hydrogen-bond donors (Lipinski definition) is 1. The molecule has 0 atom stereocenters. The van der Waals surface area contributed by atoms with Gasteiger partial charge in [0.05, 0.1) is 12.2 Å². The first-order valence-corrected chi connectivity index (χ1v) is 7.15. The lowest BCUT2D eigenvalue weighted by Crippen LogP contribution is -2.10. The van der Waals surface area contributed by atoms with Gasteiger partial charge in [-0.1, -0.05) is 19.9 Å². The number of hydrogen-bond acceptors (Lipinski definition) is 2. The average Bonchev–Trinajstić information content (AvgIpc) is 2.85. The van der Waals surface area contributed by atoms with Crippen molar-refractivity contribution in [2.45, 2.75) is 39.8 Å². The van der Waals surface area contributed by atoms with E-state index in [-0.39, 0.29) is 5.82 Å². The van der Waals surface area contributed by atoms with Crippen LogP contribution >= 0.6 is 0 Å². The third kappa shape index (κ3) is 3.25. The topological polar surface area (TPSA) is 29.9 Å². The predicted octanol–water partition coefficient (Wildman–Crippen LogP) is 2.91. The molecular formula is C16H22FN3. The molecule has 0 aliphatic rings. The predicted molar refractivity (Wildman–Crippen MR) is 79.2 cm³/mol. The zero-order chi connectivity index (χ0) is 14.5. The summed E-state index contributed by atoms with van der Waals surface area (Å²) in [5.74, 6) is -0.166. The Kier molecular flexibility index (Phi) is 4.90. The van der Waals surface area contributed by atoms with Crippen molar-refractivity contribution < 1.29 is 4.39 Å². The standard InChI is InChI=1S/C16H22FN3/c1-4-14-9-15(5-2)20(19-14)11-13-8-12(10-18-3)6-7-16(13)17/h6-9,18H,4-5,10-11H2,1-3H3. The summed E-state index contributed by atoms with van der Waals surface area (Å²) in [7, 11) is 1.89. The van der Waals surface area contributed by atoms with Crippen LogP contribution in [0.2, 0.25) is 0 Å². The van der Waals surface area contributed by atoms with E-state index in [1.807, 2.05) is 23.9 Å². The third-order valence-electron chi connectivity index (χ3n) is 3.45. The van der Waals surface area contributed by atoms with Crippen molar-refractivity contribution in [2.75, 3.05) is 7.05 Å². The van der Waals surface area contributed by atoms with E-state index >= 15 is 0 Å². The Hall–Kier alpha value is -1.68. The SMILES string of the molecule is CCc1cc(CC)n(Cc2cc(CNC)ccc2F)n1. The van der Waals surface area contributed by atoms with Gasteiger partial charge in [0.1, 0.15) is 5.82 Å². The fourth-order valence-electron chi connectivity index (χ4n) is 2.33. The van der Waals surface area contributed by atoms with Crippen molar-refractivity contribution in [3.63, 3.8) is 0 Å². The van der Waals surface area contributed by atoms with E-state index in [1.54, 1.807) is 0 Å². The molecule has 1 heterocycles. The maximum atomic E-state index is 14.0. The molecule has 108 valence electrons. The van der Waals surface area contributed by atoms with Crippen LogP contribution in [0.3, 0.4) is 0 Å². The van der Waals surface area contributed by atoms with Crippen molar-refractivity contribution in [3.05, 3.63) is 52.6 Å². The summed E-state index contributed by atoms with van der Waals surface area (Å²) in [5, 5.41) is 7.63. The molecule has 2 aromatic rings. The van der Waals surface area contributed by atoms with Gasteiger partial charge in [-0.3, -0.25) is 4.68 Å². The summed E-state index contributed by atoms with van der Waals surface area (Å²) < 4.78 is 15.9. The Bertz CT molecular complexity index is 575. The second-order valence-corrected chi connectivity index (χ2v) is 4.95. The van der Waals surface area contributed by atoms with E-state index in [2.05, 4.69) is 30.3 Å². The van der Waals surface area contributed by atoms with Crippen LogP contribution in [0, 0.1) is 5.82 Å². The van der Waals surface area contributed by atoms with Crippen molar-refractivity contribution in [3.8, 4) is 0 Å². The average molecular weight is 275 g/mol. The summed E-state index contributed by atoms with van der Waals surface area (Å²) in [6.07, 6.45) is 1.81. The van der Waals surface area contributed by atoms with E-state index < -0.39 is 0 Å². The largest absolute Gasteiger partial charge is 0.316 e. The summed E-state index contributed by atoms with van der Waals surface area (Å²) in [6.45, 7) is 5.42. The first-order valence-electron chi connectivity index (χ1n) is 7.15. The summed E-state index contributed by atoms with van der Waals surface area (Å²) in [5.41, 5.74) is 4.00. The van der Waals surface area contributed by atoms with Crippen LogP contribution in [0.25, 0.3) is 0 Å². The van der Waals surface area contributed by atoms with Gasteiger partial charge < -0.3 is 5.32 Å². The molecule has 1 aromatic heterocycles. The lowest BCUT2D eigenvalue weighted by Gasteiger charge is -2.09.